The first-order valence-corrected chi connectivity index (χ1v) is 12.5. The third-order valence-electron chi connectivity index (χ3n) is 5.35. The van der Waals surface area contributed by atoms with Crippen molar-refractivity contribution in [3.05, 3.63) is 102 Å². The molecule has 0 spiro atoms. The van der Waals surface area contributed by atoms with Crippen LogP contribution in [0.25, 0.3) is 11.1 Å². The summed E-state index contributed by atoms with van der Waals surface area (Å²) in [4.78, 5) is 2.18. The number of rotatable bonds is 8. The number of para-hydroxylation sites is 2. The molecule has 0 heterocycles. The molecule has 1 radical (unpaired) electrons. The van der Waals surface area contributed by atoms with Gasteiger partial charge in [0.1, 0.15) is 5.75 Å². The standard InChI is InChI=1S/C27H23ClNO4S/c1-29(20-11-5-3-6-12-20)24-18-17-23(26(28)27(24)32-2)22-15-9-10-16-25(22)33-19-34(30,31)21-13-7-4-8-14-21/h3-15,17-18H,19H2,1-2H3. The minimum atomic E-state index is -3.64. The number of ether oxygens (including phenoxy) is 2. The summed E-state index contributed by atoms with van der Waals surface area (Å²) in [7, 11) is -0.139. The number of hydrogen-bond acceptors (Lipinski definition) is 5. The Bertz CT molecular complexity index is 1380. The molecule has 5 nitrogen and oxygen atoms in total. The Morgan fingerprint density at radius 2 is 1.56 bits per heavy atom. The van der Waals surface area contributed by atoms with Gasteiger partial charge in [-0.25, -0.2) is 8.42 Å². The number of anilines is 2. The molecule has 4 rings (SSSR count). The molecule has 0 aliphatic heterocycles. The number of halogens is 1. The van der Waals surface area contributed by atoms with Gasteiger partial charge in [0.2, 0.25) is 9.84 Å². The molecule has 0 fully saturated rings. The Hall–Kier alpha value is -3.48. The van der Waals surface area contributed by atoms with Crippen LogP contribution in [0.2, 0.25) is 5.02 Å². The van der Waals surface area contributed by atoms with Crippen molar-refractivity contribution in [1.29, 1.82) is 0 Å². The van der Waals surface area contributed by atoms with Crippen LogP contribution in [0.3, 0.4) is 0 Å². The highest BCUT2D eigenvalue weighted by Gasteiger charge is 2.21. The molecule has 0 atom stereocenters. The van der Waals surface area contributed by atoms with Crippen LogP contribution in [0, 0.1) is 6.07 Å². The van der Waals surface area contributed by atoms with E-state index in [4.69, 9.17) is 21.1 Å². The first kappa shape index (κ1) is 23.7. The van der Waals surface area contributed by atoms with Crippen molar-refractivity contribution in [3.63, 3.8) is 0 Å². The van der Waals surface area contributed by atoms with E-state index in [0.717, 1.165) is 11.4 Å². The fourth-order valence-corrected chi connectivity index (χ4v) is 4.91. The average Bonchev–Trinajstić information content (AvgIpc) is 2.88. The molecular formula is C27H23ClNO4S. The second kappa shape index (κ2) is 10.2. The molecule has 0 saturated carbocycles. The number of nitrogens with zero attached hydrogens (tertiary/aromatic N) is 1. The fraction of sp³-hybridized carbons (Fsp3) is 0.111. The van der Waals surface area contributed by atoms with Gasteiger partial charge in [0.05, 0.1) is 22.7 Å². The Balaban J connectivity index is 1.68. The Labute approximate surface area is 205 Å². The van der Waals surface area contributed by atoms with E-state index < -0.39 is 15.8 Å². The predicted octanol–water partition coefficient (Wildman–Crippen LogP) is 6.39. The van der Waals surface area contributed by atoms with Gasteiger partial charge in [-0.3, -0.25) is 0 Å². The molecule has 0 N–H and O–H groups in total. The molecule has 0 aromatic heterocycles. The van der Waals surface area contributed by atoms with Crippen molar-refractivity contribution in [1.82, 2.24) is 0 Å². The van der Waals surface area contributed by atoms with E-state index in [1.54, 1.807) is 37.4 Å². The van der Waals surface area contributed by atoms with Gasteiger partial charge < -0.3 is 14.4 Å². The second-order valence-corrected chi connectivity index (χ2v) is 9.79. The molecule has 4 aromatic carbocycles. The number of hydrogen-bond donors (Lipinski definition) is 0. The SMILES string of the molecule is COc1c(N(C)c2ccccc2)ccc(-c2ccc[c]c2OCS(=O)(=O)c2ccccc2)c1Cl. The predicted molar refractivity (Wildman–Crippen MR) is 136 cm³/mol. The van der Waals surface area contributed by atoms with Crippen molar-refractivity contribution in [3.8, 4) is 22.6 Å². The van der Waals surface area contributed by atoms with Gasteiger partial charge in [-0.05, 0) is 30.3 Å². The molecule has 0 saturated heterocycles. The maximum absolute atomic E-state index is 12.7. The summed E-state index contributed by atoms with van der Waals surface area (Å²) in [6.07, 6.45) is 0. The summed E-state index contributed by atoms with van der Waals surface area (Å²) in [5.74, 6) is 0.265. The van der Waals surface area contributed by atoms with Gasteiger partial charge in [-0.2, -0.15) is 0 Å². The van der Waals surface area contributed by atoms with E-state index in [2.05, 4.69) is 6.07 Å². The molecule has 0 aliphatic rings. The minimum absolute atomic E-state index is 0.195. The maximum atomic E-state index is 12.7. The lowest BCUT2D eigenvalue weighted by molar-refractivity contribution is 0.377. The van der Waals surface area contributed by atoms with Crippen molar-refractivity contribution in [2.45, 2.75) is 4.90 Å². The molecule has 7 heteroatoms. The highest BCUT2D eigenvalue weighted by molar-refractivity contribution is 7.91. The fourth-order valence-electron chi connectivity index (χ4n) is 3.59. The zero-order valence-corrected chi connectivity index (χ0v) is 20.3. The van der Waals surface area contributed by atoms with Crippen LogP contribution in [0.15, 0.2) is 95.9 Å². The molecule has 0 bridgehead atoms. The monoisotopic (exact) mass is 492 g/mol. The van der Waals surface area contributed by atoms with Gasteiger partial charge >= 0.3 is 0 Å². The van der Waals surface area contributed by atoms with E-state index in [9.17, 15) is 8.42 Å². The summed E-state index contributed by atoms with van der Waals surface area (Å²) in [6, 6.07) is 30.1. The Morgan fingerprint density at radius 3 is 2.24 bits per heavy atom. The highest BCUT2D eigenvalue weighted by Crippen LogP contribution is 2.45. The zero-order valence-electron chi connectivity index (χ0n) is 18.7. The van der Waals surface area contributed by atoms with Crippen LogP contribution in [-0.2, 0) is 9.84 Å². The van der Waals surface area contributed by atoms with E-state index in [-0.39, 0.29) is 10.6 Å². The van der Waals surface area contributed by atoms with Gasteiger partial charge in [0.25, 0.3) is 0 Å². The highest BCUT2D eigenvalue weighted by atomic mass is 35.5. The van der Waals surface area contributed by atoms with E-state index in [1.807, 2.05) is 60.5 Å². The first-order chi connectivity index (χ1) is 16.4. The summed E-state index contributed by atoms with van der Waals surface area (Å²) < 4.78 is 36.8. The summed E-state index contributed by atoms with van der Waals surface area (Å²) in [6.45, 7) is 0. The normalized spacial score (nSPS) is 11.1. The van der Waals surface area contributed by atoms with Crippen LogP contribution in [-0.4, -0.2) is 28.5 Å². The smallest absolute Gasteiger partial charge is 0.213 e. The van der Waals surface area contributed by atoms with Crippen LogP contribution < -0.4 is 14.4 Å². The first-order valence-electron chi connectivity index (χ1n) is 10.5. The van der Waals surface area contributed by atoms with Crippen LogP contribution in [0.1, 0.15) is 0 Å². The number of sulfone groups is 1. The van der Waals surface area contributed by atoms with Gasteiger partial charge in [-0.1, -0.05) is 72.3 Å². The van der Waals surface area contributed by atoms with E-state index in [1.165, 1.54) is 12.1 Å². The van der Waals surface area contributed by atoms with Gasteiger partial charge in [-0.15, -0.1) is 0 Å². The average molecular weight is 493 g/mol. The van der Waals surface area contributed by atoms with Gasteiger partial charge in [0, 0.05) is 29.9 Å². The summed E-state index contributed by atoms with van der Waals surface area (Å²) in [5.41, 5.74) is 3.03. The molecule has 34 heavy (non-hydrogen) atoms. The quantitative estimate of drug-likeness (QED) is 0.285. The minimum Gasteiger partial charge on any atom is -0.493 e. The van der Waals surface area contributed by atoms with Crippen molar-refractivity contribution < 1.29 is 17.9 Å². The van der Waals surface area contributed by atoms with E-state index in [0.29, 0.717) is 21.9 Å². The lowest BCUT2D eigenvalue weighted by Crippen LogP contribution is -2.13. The molecule has 0 aliphatic carbocycles. The Morgan fingerprint density at radius 1 is 0.882 bits per heavy atom. The van der Waals surface area contributed by atoms with Crippen molar-refractivity contribution >= 4 is 32.8 Å². The van der Waals surface area contributed by atoms with Crippen molar-refractivity contribution in [2.75, 3.05) is 25.0 Å². The van der Waals surface area contributed by atoms with E-state index >= 15 is 0 Å². The molecule has 173 valence electrons. The molecule has 0 unspecified atom stereocenters. The largest absolute Gasteiger partial charge is 0.493 e. The third-order valence-corrected chi connectivity index (χ3v) is 7.15. The lowest BCUT2D eigenvalue weighted by atomic mass is 10.0. The molecular weight excluding hydrogens is 470 g/mol. The van der Waals surface area contributed by atoms with Crippen LogP contribution in [0.4, 0.5) is 11.4 Å². The zero-order chi connectivity index (χ0) is 24.1. The van der Waals surface area contributed by atoms with Gasteiger partial charge in [0.15, 0.2) is 11.7 Å². The maximum Gasteiger partial charge on any atom is 0.213 e. The number of benzene rings is 4. The summed E-state index contributed by atoms with van der Waals surface area (Å²) >= 11 is 6.80. The second-order valence-electron chi connectivity index (χ2n) is 7.48. The van der Waals surface area contributed by atoms with Crippen LogP contribution >= 0.6 is 11.6 Å². The summed E-state index contributed by atoms with van der Waals surface area (Å²) in [5, 5.41) is 0.387. The third kappa shape index (κ3) is 4.88. The topological polar surface area (TPSA) is 55.8 Å². The lowest BCUT2D eigenvalue weighted by Gasteiger charge is -2.24. The molecule has 0 amide bonds. The number of methoxy groups -OCH3 is 1. The molecule has 4 aromatic rings. The Kier molecular flexibility index (Phi) is 7.10. The van der Waals surface area contributed by atoms with Crippen molar-refractivity contribution in [2.24, 2.45) is 0 Å². The van der Waals surface area contributed by atoms with Crippen LogP contribution in [0.5, 0.6) is 11.5 Å².